The number of methoxy groups -OCH3 is 1. The molecule has 2 aliphatic heterocycles. The van der Waals surface area contributed by atoms with Crippen LogP contribution >= 0.6 is 0 Å². The van der Waals surface area contributed by atoms with Gasteiger partial charge in [0, 0.05) is 12.1 Å². The normalized spacial score (nSPS) is 29.1. The Morgan fingerprint density at radius 2 is 2.04 bits per heavy atom. The summed E-state index contributed by atoms with van der Waals surface area (Å²) in [6.45, 7) is 4.49. The molecule has 0 aromatic heterocycles. The van der Waals surface area contributed by atoms with Crippen LogP contribution in [0.5, 0.6) is 5.75 Å². The van der Waals surface area contributed by atoms with Gasteiger partial charge < -0.3 is 14.8 Å². The molecule has 1 aromatic rings. The molecule has 4 nitrogen and oxygen atoms in total. The van der Waals surface area contributed by atoms with Crippen LogP contribution in [0.1, 0.15) is 25.8 Å². The molecule has 1 fully saturated rings. The first-order valence-electron chi connectivity index (χ1n) is 8.36. The second-order valence-electron chi connectivity index (χ2n) is 6.46. The van der Waals surface area contributed by atoms with E-state index in [1.54, 1.807) is 7.11 Å². The molecule has 2 bridgehead atoms. The first kappa shape index (κ1) is 16.1. The molecule has 3 aliphatic rings. The largest absolute Gasteiger partial charge is 0.497 e. The van der Waals surface area contributed by atoms with Crippen molar-refractivity contribution in [2.24, 2.45) is 11.8 Å². The number of hydrogen-bond donors (Lipinski definition) is 1. The summed E-state index contributed by atoms with van der Waals surface area (Å²) in [6, 6.07) is 8.71. The number of piperidine rings is 1. The van der Waals surface area contributed by atoms with E-state index in [-0.39, 0.29) is 17.9 Å². The number of rotatable bonds is 5. The van der Waals surface area contributed by atoms with Crippen LogP contribution in [0.4, 0.5) is 0 Å². The molecule has 2 heterocycles. The minimum atomic E-state index is -0.0679. The zero-order valence-corrected chi connectivity index (χ0v) is 14.0. The van der Waals surface area contributed by atoms with Crippen molar-refractivity contribution in [1.82, 2.24) is 5.32 Å². The van der Waals surface area contributed by atoms with Crippen LogP contribution in [0.2, 0.25) is 0 Å². The molecule has 4 atom stereocenters. The molecule has 1 aromatic carbocycles. The topological polar surface area (TPSA) is 47.6 Å². The fourth-order valence-corrected chi connectivity index (χ4v) is 3.85. The maximum absolute atomic E-state index is 12.1. The zero-order chi connectivity index (χ0) is 16.4. The standard InChI is InChI=1S/C19H25NO3/c1-4-23-19(21)16-11-15-12(2)9-17(16)20-18(15)10-13-5-7-14(22-3)8-6-13/h5-9,15-18,20H,4,10-11H2,1-3H3. The van der Waals surface area contributed by atoms with Crippen LogP contribution in [-0.2, 0) is 16.0 Å². The molecular weight excluding hydrogens is 290 g/mol. The smallest absolute Gasteiger partial charge is 0.310 e. The van der Waals surface area contributed by atoms with Gasteiger partial charge in [-0.15, -0.1) is 0 Å². The van der Waals surface area contributed by atoms with Gasteiger partial charge in [0.15, 0.2) is 0 Å². The Balaban J connectivity index is 1.70. The van der Waals surface area contributed by atoms with Crippen LogP contribution in [0.25, 0.3) is 0 Å². The van der Waals surface area contributed by atoms with E-state index < -0.39 is 0 Å². The van der Waals surface area contributed by atoms with Crippen LogP contribution in [-0.4, -0.2) is 31.8 Å². The number of ether oxygens (including phenoxy) is 2. The summed E-state index contributed by atoms with van der Waals surface area (Å²) in [7, 11) is 1.68. The van der Waals surface area contributed by atoms with E-state index in [1.165, 1.54) is 11.1 Å². The number of benzene rings is 1. The van der Waals surface area contributed by atoms with E-state index in [2.05, 4.69) is 30.4 Å². The SMILES string of the molecule is CCOC(=O)C1CC2C(C)=CC1NC2Cc1ccc(OC)cc1. The molecule has 1 saturated heterocycles. The second-order valence-corrected chi connectivity index (χ2v) is 6.46. The van der Waals surface area contributed by atoms with E-state index in [4.69, 9.17) is 9.47 Å². The van der Waals surface area contributed by atoms with Gasteiger partial charge in [0.1, 0.15) is 5.75 Å². The number of esters is 1. The first-order chi connectivity index (χ1) is 11.1. The highest BCUT2D eigenvalue weighted by atomic mass is 16.5. The Bertz CT molecular complexity index is 593. The maximum Gasteiger partial charge on any atom is 0.310 e. The van der Waals surface area contributed by atoms with Crippen molar-refractivity contribution in [3.63, 3.8) is 0 Å². The Kier molecular flexibility index (Phi) is 4.71. The second kappa shape index (κ2) is 6.75. The van der Waals surface area contributed by atoms with Gasteiger partial charge in [0.05, 0.1) is 19.6 Å². The lowest BCUT2D eigenvalue weighted by Gasteiger charge is -2.46. The Labute approximate surface area is 137 Å². The number of fused-ring (bicyclic) bond motifs is 2. The van der Waals surface area contributed by atoms with E-state index in [1.807, 2.05) is 19.1 Å². The third-order valence-electron chi connectivity index (χ3n) is 5.06. The van der Waals surface area contributed by atoms with Crippen LogP contribution in [0.15, 0.2) is 35.9 Å². The summed E-state index contributed by atoms with van der Waals surface area (Å²) in [5.74, 6) is 1.17. The molecule has 4 heteroatoms. The summed E-state index contributed by atoms with van der Waals surface area (Å²) in [5.41, 5.74) is 2.68. The quantitative estimate of drug-likeness (QED) is 0.670. The van der Waals surface area contributed by atoms with Crippen molar-refractivity contribution in [2.75, 3.05) is 13.7 Å². The number of hydrogen-bond acceptors (Lipinski definition) is 4. The molecule has 4 rings (SSSR count). The molecule has 4 unspecified atom stereocenters. The number of nitrogens with one attached hydrogen (secondary N) is 1. The summed E-state index contributed by atoms with van der Waals surface area (Å²) in [5, 5.41) is 3.64. The van der Waals surface area contributed by atoms with Gasteiger partial charge in [-0.05, 0) is 50.3 Å². The Hall–Kier alpha value is -1.81. The van der Waals surface area contributed by atoms with E-state index in [0.717, 1.165) is 18.6 Å². The van der Waals surface area contributed by atoms with Gasteiger partial charge in [-0.3, -0.25) is 4.79 Å². The van der Waals surface area contributed by atoms with Crippen LogP contribution < -0.4 is 10.1 Å². The number of carbonyl (C=O) groups is 1. The number of carbonyl (C=O) groups excluding carboxylic acids is 1. The van der Waals surface area contributed by atoms with Gasteiger partial charge in [-0.25, -0.2) is 0 Å². The van der Waals surface area contributed by atoms with Crippen molar-refractivity contribution in [2.45, 2.75) is 38.8 Å². The fourth-order valence-electron chi connectivity index (χ4n) is 3.85. The molecule has 23 heavy (non-hydrogen) atoms. The van der Waals surface area contributed by atoms with Crippen LogP contribution in [0, 0.1) is 11.8 Å². The fraction of sp³-hybridized carbons (Fsp3) is 0.526. The van der Waals surface area contributed by atoms with Crippen molar-refractivity contribution in [1.29, 1.82) is 0 Å². The van der Waals surface area contributed by atoms with Crippen LogP contribution in [0.3, 0.4) is 0 Å². The highest BCUT2D eigenvalue weighted by molar-refractivity contribution is 5.74. The van der Waals surface area contributed by atoms with E-state index in [9.17, 15) is 4.79 Å². The molecule has 0 saturated carbocycles. The zero-order valence-electron chi connectivity index (χ0n) is 14.0. The predicted molar refractivity (Wildman–Crippen MR) is 89.4 cm³/mol. The van der Waals surface area contributed by atoms with E-state index >= 15 is 0 Å². The van der Waals surface area contributed by atoms with Gasteiger partial charge in [-0.2, -0.15) is 0 Å². The highest BCUT2D eigenvalue weighted by Gasteiger charge is 2.44. The lowest BCUT2D eigenvalue weighted by molar-refractivity contribution is -0.150. The average Bonchev–Trinajstić information content (AvgIpc) is 2.56. The third-order valence-corrected chi connectivity index (χ3v) is 5.06. The predicted octanol–water partition coefficient (Wildman–Crippen LogP) is 2.72. The lowest BCUT2D eigenvalue weighted by Crippen LogP contribution is -2.58. The summed E-state index contributed by atoms with van der Waals surface area (Å²) in [4.78, 5) is 12.1. The maximum atomic E-state index is 12.1. The summed E-state index contributed by atoms with van der Waals surface area (Å²) < 4.78 is 10.4. The highest BCUT2D eigenvalue weighted by Crippen LogP contribution is 2.38. The van der Waals surface area contributed by atoms with E-state index in [0.29, 0.717) is 18.6 Å². The minimum absolute atomic E-state index is 0.0456. The third kappa shape index (κ3) is 3.27. The molecule has 1 aliphatic carbocycles. The summed E-state index contributed by atoms with van der Waals surface area (Å²) in [6.07, 6.45) is 4.06. The monoisotopic (exact) mass is 315 g/mol. The Morgan fingerprint density at radius 1 is 1.30 bits per heavy atom. The molecule has 124 valence electrons. The first-order valence-corrected chi connectivity index (χ1v) is 8.36. The minimum Gasteiger partial charge on any atom is -0.497 e. The average molecular weight is 315 g/mol. The van der Waals surface area contributed by atoms with Crippen molar-refractivity contribution in [3.8, 4) is 5.75 Å². The molecule has 0 radical (unpaired) electrons. The molecule has 0 spiro atoms. The Morgan fingerprint density at radius 3 is 2.65 bits per heavy atom. The molecular formula is C19H25NO3. The van der Waals surface area contributed by atoms with Gasteiger partial charge >= 0.3 is 5.97 Å². The van der Waals surface area contributed by atoms with Crippen molar-refractivity contribution in [3.05, 3.63) is 41.5 Å². The lowest BCUT2D eigenvalue weighted by atomic mass is 9.69. The molecule has 0 amide bonds. The van der Waals surface area contributed by atoms with Gasteiger partial charge in [-0.1, -0.05) is 23.8 Å². The van der Waals surface area contributed by atoms with Crippen molar-refractivity contribution >= 4 is 5.97 Å². The molecule has 1 N–H and O–H groups in total. The van der Waals surface area contributed by atoms with Crippen molar-refractivity contribution < 1.29 is 14.3 Å². The summed E-state index contributed by atoms with van der Waals surface area (Å²) >= 11 is 0. The van der Waals surface area contributed by atoms with Gasteiger partial charge in [0.2, 0.25) is 0 Å². The van der Waals surface area contributed by atoms with Gasteiger partial charge in [0.25, 0.3) is 0 Å².